The van der Waals surface area contributed by atoms with Gasteiger partial charge >= 0.3 is 0 Å². The van der Waals surface area contributed by atoms with E-state index in [4.69, 9.17) is 5.21 Å². The second-order valence-corrected chi connectivity index (χ2v) is 5.07. The van der Waals surface area contributed by atoms with Gasteiger partial charge in [-0.15, -0.1) is 0 Å². The van der Waals surface area contributed by atoms with Crippen molar-refractivity contribution in [1.82, 2.24) is 4.90 Å². The zero-order chi connectivity index (χ0) is 10.7. The van der Waals surface area contributed by atoms with Crippen LogP contribution in [0.3, 0.4) is 0 Å². The molecule has 0 bridgehead atoms. The molecule has 1 saturated heterocycles. The summed E-state index contributed by atoms with van der Waals surface area (Å²) >= 11 is 0. The predicted octanol–water partition coefficient (Wildman–Crippen LogP) is 2.49. The quantitative estimate of drug-likeness (QED) is 0.533. The summed E-state index contributed by atoms with van der Waals surface area (Å²) in [5.41, 5.74) is 1.02. The average molecular weight is 210 g/mol. The Balaban J connectivity index is 1.96. The van der Waals surface area contributed by atoms with Crippen LogP contribution in [0, 0.1) is 5.92 Å². The molecule has 1 N–H and O–H groups in total. The van der Waals surface area contributed by atoms with E-state index in [1.165, 1.54) is 45.2 Å². The second-order valence-electron chi connectivity index (χ2n) is 5.07. The molecule has 0 radical (unpaired) electrons. The SMILES string of the molecule is CC1CCN(C2CCCCC2=NO)CC1. The van der Waals surface area contributed by atoms with Crippen LogP contribution in [0.5, 0.6) is 0 Å². The summed E-state index contributed by atoms with van der Waals surface area (Å²) in [4.78, 5) is 2.52. The summed E-state index contributed by atoms with van der Waals surface area (Å²) in [5.74, 6) is 0.874. The maximum absolute atomic E-state index is 9.01. The minimum atomic E-state index is 0.441. The lowest BCUT2D eigenvalue weighted by atomic mass is 9.89. The van der Waals surface area contributed by atoms with Crippen LogP contribution in [0.15, 0.2) is 5.16 Å². The summed E-state index contributed by atoms with van der Waals surface area (Å²) in [7, 11) is 0. The lowest BCUT2D eigenvalue weighted by Crippen LogP contribution is -2.46. The smallest absolute Gasteiger partial charge is 0.0742 e. The summed E-state index contributed by atoms with van der Waals surface area (Å²) in [6.45, 7) is 4.70. The number of hydrogen-bond acceptors (Lipinski definition) is 3. The summed E-state index contributed by atoms with van der Waals surface area (Å²) in [6.07, 6.45) is 7.27. The number of likely N-dealkylation sites (tertiary alicyclic amines) is 1. The Hall–Kier alpha value is -0.570. The van der Waals surface area contributed by atoms with Crippen molar-refractivity contribution < 1.29 is 5.21 Å². The Morgan fingerprint density at radius 2 is 1.93 bits per heavy atom. The number of nitrogens with zero attached hydrogens (tertiary/aromatic N) is 2. The first-order valence-corrected chi connectivity index (χ1v) is 6.26. The van der Waals surface area contributed by atoms with E-state index in [1.54, 1.807) is 0 Å². The van der Waals surface area contributed by atoms with Crippen LogP contribution in [0.1, 0.15) is 45.4 Å². The van der Waals surface area contributed by atoms with Crippen molar-refractivity contribution in [1.29, 1.82) is 0 Å². The van der Waals surface area contributed by atoms with E-state index in [-0.39, 0.29) is 0 Å². The zero-order valence-corrected chi connectivity index (χ0v) is 9.65. The van der Waals surface area contributed by atoms with Gasteiger partial charge in [0.2, 0.25) is 0 Å². The second kappa shape index (κ2) is 4.97. The van der Waals surface area contributed by atoms with Gasteiger partial charge in [-0.3, -0.25) is 4.90 Å². The highest BCUT2D eigenvalue weighted by molar-refractivity contribution is 5.89. The fraction of sp³-hybridized carbons (Fsp3) is 0.917. The fourth-order valence-electron chi connectivity index (χ4n) is 2.83. The van der Waals surface area contributed by atoms with Crippen molar-refractivity contribution in [3.63, 3.8) is 0 Å². The molecule has 2 fully saturated rings. The molecule has 3 nitrogen and oxygen atoms in total. The topological polar surface area (TPSA) is 35.8 Å². The molecular weight excluding hydrogens is 188 g/mol. The van der Waals surface area contributed by atoms with Crippen LogP contribution in [0.2, 0.25) is 0 Å². The minimum absolute atomic E-state index is 0.441. The van der Waals surface area contributed by atoms with Crippen molar-refractivity contribution in [2.24, 2.45) is 11.1 Å². The largest absolute Gasteiger partial charge is 0.411 e. The molecule has 86 valence electrons. The van der Waals surface area contributed by atoms with Gasteiger partial charge in [0.25, 0.3) is 0 Å². The lowest BCUT2D eigenvalue weighted by Gasteiger charge is -2.38. The Bertz CT molecular complexity index is 232. The molecule has 1 saturated carbocycles. The first-order chi connectivity index (χ1) is 7.31. The fourth-order valence-corrected chi connectivity index (χ4v) is 2.83. The first-order valence-electron chi connectivity index (χ1n) is 6.26. The van der Waals surface area contributed by atoms with Crippen LogP contribution in [0.25, 0.3) is 0 Å². The highest BCUT2D eigenvalue weighted by atomic mass is 16.4. The van der Waals surface area contributed by atoms with Gasteiger partial charge < -0.3 is 5.21 Å². The molecule has 0 spiro atoms. The van der Waals surface area contributed by atoms with Crippen LogP contribution in [0.4, 0.5) is 0 Å². The Labute approximate surface area is 92.1 Å². The molecule has 0 amide bonds. The molecule has 15 heavy (non-hydrogen) atoms. The number of oxime groups is 1. The van der Waals surface area contributed by atoms with Gasteiger partial charge in [0.05, 0.1) is 11.8 Å². The maximum atomic E-state index is 9.01. The standard InChI is InChI=1S/C12H22N2O/c1-10-6-8-14(9-7-10)12-5-3-2-4-11(12)13-15/h10,12,15H,2-9H2,1H3. The monoisotopic (exact) mass is 210 g/mol. The van der Waals surface area contributed by atoms with Gasteiger partial charge in [-0.2, -0.15) is 0 Å². The molecule has 1 aliphatic carbocycles. The van der Waals surface area contributed by atoms with E-state index in [2.05, 4.69) is 17.0 Å². The van der Waals surface area contributed by atoms with Gasteiger partial charge in [0.1, 0.15) is 0 Å². The molecule has 3 heteroatoms. The highest BCUT2D eigenvalue weighted by Gasteiger charge is 2.29. The van der Waals surface area contributed by atoms with Crippen molar-refractivity contribution in [2.75, 3.05) is 13.1 Å². The van der Waals surface area contributed by atoms with E-state index < -0.39 is 0 Å². The van der Waals surface area contributed by atoms with Crippen LogP contribution < -0.4 is 0 Å². The summed E-state index contributed by atoms with van der Waals surface area (Å²) in [6, 6.07) is 0.441. The lowest BCUT2D eigenvalue weighted by molar-refractivity contribution is 0.154. The molecule has 0 aromatic rings. The van der Waals surface area contributed by atoms with E-state index in [0.717, 1.165) is 18.1 Å². The van der Waals surface area contributed by atoms with Gasteiger partial charge in [0, 0.05) is 0 Å². The van der Waals surface area contributed by atoms with Crippen LogP contribution in [-0.4, -0.2) is 35.0 Å². The number of piperidine rings is 1. The van der Waals surface area contributed by atoms with Crippen molar-refractivity contribution in [2.45, 2.75) is 51.5 Å². The van der Waals surface area contributed by atoms with E-state index in [1.807, 2.05) is 0 Å². The molecule has 2 rings (SSSR count). The van der Waals surface area contributed by atoms with Gasteiger partial charge in [0.15, 0.2) is 0 Å². The Morgan fingerprint density at radius 3 is 2.60 bits per heavy atom. The molecule has 0 aromatic carbocycles. The maximum Gasteiger partial charge on any atom is 0.0742 e. The predicted molar refractivity (Wildman–Crippen MR) is 61.4 cm³/mol. The summed E-state index contributed by atoms with van der Waals surface area (Å²) in [5, 5.41) is 12.5. The molecule has 1 aliphatic heterocycles. The third kappa shape index (κ3) is 2.51. The van der Waals surface area contributed by atoms with Crippen molar-refractivity contribution in [3.05, 3.63) is 0 Å². The van der Waals surface area contributed by atoms with Gasteiger partial charge in [-0.1, -0.05) is 18.5 Å². The zero-order valence-electron chi connectivity index (χ0n) is 9.65. The molecule has 2 aliphatic rings. The van der Waals surface area contributed by atoms with Crippen LogP contribution >= 0.6 is 0 Å². The number of hydrogen-bond donors (Lipinski definition) is 1. The van der Waals surface area contributed by atoms with Crippen molar-refractivity contribution >= 4 is 5.71 Å². The van der Waals surface area contributed by atoms with Gasteiger partial charge in [-0.05, 0) is 51.1 Å². The summed E-state index contributed by atoms with van der Waals surface area (Å²) < 4.78 is 0. The van der Waals surface area contributed by atoms with Crippen molar-refractivity contribution in [3.8, 4) is 0 Å². The highest BCUT2D eigenvalue weighted by Crippen LogP contribution is 2.25. The third-order valence-electron chi connectivity index (χ3n) is 3.93. The molecule has 1 atom stereocenters. The van der Waals surface area contributed by atoms with E-state index >= 15 is 0 Å². The Morgan fingerprint density at radius 1 is 1.20 bits per heavy atom. The normalized spacial score (nSPS) is 33.4. The van der Waals surface area contributed by atoms with E-state index in [0.29, 0.717) is 6.04 Å². The molecular formula is C12H22N2O. The molecule has 1 heterocycles. The number of rotatable bonds is 1. The van der Waals surface area contributed by atoms with E-state index in [9.17, 15) is 0 Å². The third-order valence-corrected chi connectivity index (χ3v) is 3.93. The van der Waals surface area contributed by atoms with Gasteiger partial charge in [-0.25, -0.2) is 0 Å². The average Bonchev–Trinajstić information content (AvgIpc) is 2.30. The first kappa shape index (κ1) is 10.9. The molecule has 0 aromatic heterocycles. The van der Waals surface area contributed by atoms with Crippen LogP contribution in [-0.2, 0) is 0 Å². The molecule has 1 unspecified atom stereocenters. The minimum Gasteiger partial charge on any atom is -0.411 e. The Kier molecular flexibility index (Phi) is 3.62.